The van der Waals surface area contributed by atoms with Crippen LogP contribution in [0.15, 0.2) is 30.5 Å². The number of thioether (sulfide) groups is 1. The summed E-state index contributed by atoms with van der Waals surface area (Å²) in [5.41, 5.74) is 3.08. The highest BCUT2D eigenvalue weighted by atomic mass is 35.5. The zero-order chi connectivity index (χ0) is 20.1. The molecule has 0 aliphatic carbocycles. The molecule has 0 spiro atoms. The molecule has 1 atom stereocenters. The Morgan fingerprint density at radius 3 is 2.75 bits per heavy atom. The van der Waals surface area contributed by atoms with Gasteiger partial charge in [-0.3, -0.25) is 4.79 Å². The second-order valence-corrected chi connectivity index (χ2v) is 8.90. The number of anilines is 1. The van der Waals surface area contributed by atoms with Crippen LogP contribution in [-0.4, -0.2) is 59.5 Å². The number of rotatable bonds is 6. The summed E-state index contributed by atoms with van der Waals surface area (Å²) < 4.78 is 0. The number of carbonyl (C=O) groups is 1. The van der Waals surface area contributed by atoms with E-state index in [2.05, 4.69) is 11.9 Å². The molecule has 0 N–H and O–H groups in total. The van der Waals surface area contributed by atoms with Crippen LogP contribution in [0.4, 0.5) is 5.95 Å². The molecule has 2 aromatic rings. The van der Waals surface area contributed by atoms with Gasteiger partial charge in [0, 0.05) is 49.9 Å². The molecule has 1 aromatic heterocycles. The smallest absolute Gasteiger partial charge is 0.232 e. The summed E-state index contributed by atoms with van der Waals surface area (Å²) in [5, 5.41) is 0.707. The minimum Gasteiger partial charge on any atom is -0.347 e. The molecular weight excluding hydrogens is 392 g/mol. The van der Waals surface area contributed by atoms with E-state index >= 15 is 0 Å². The van der Waals surface area contributed by atoms with Gasteiger partial charge in [-0.1, -0.05) is 30.7 Å². The maximum atomic E-state index is 12.6. The van der Waals surface area contributed by atoms with Crippen molar-refractivity contribution in [1.82, 2.24) is 14.9 Å². The molecule has 28 heavy (non-hydrogen) atoms. The molecule has 1 aliphatic rings. The van der Waals surface area contributed by atoms with E-state index in [4.69, 9.17) is 16.6 Å². The third-order valence-electron chi connectivity index (χ3n) is 4.95. The molecule has 1 amide bonds. The van der Waals surface area contributed by atoms with E-state index < -0.39 is 0 Å². The normalized spacial score (nSPS) is 16.9. The fraction of sp³-hybridized carbons (Fsp3) is 0.476. The molecule has 1 aromatic carbocycles. The second-order valence-electron chi connectivity index (χ2n) is 7.19. The van der Waals surface area contributed by atoms with Gasteiger partial charge in [0.15, 0.2) is 0 Å². The van der Waals surface area contributed by atoms with Crippen LogP contribution in [0.25, 0.3) is 11.1 Å². The molecule has 1 fully saturated rings. The van der Waals surface area contributed by atoms with Crippen molar-refractivity contribution in [2.45, 2.75) is 25.7 Å². The van der Waals surface area contributed by atoms with Gasteiger partial charge < -0.3 is 9.80 Å². The minimum atomic E-state index is 0.205. The summed E-state index contributed by atoms with van der Waals surface area (Å²) in [6, 6.07) is 7.78. The van der Waals surface area contributed by atoms with Crippen LogP contribution in [0.1, 0.15) is 31.4 Å². The molecule has 5 nitrogen and oxygen atoms in total. The number of nitrogens with zero attached hydrogens (tertiary/aromatic N) is 4. The Morgan fingerprint density at radius 1 is 1.32 bits per heavy atom. The van der Waals surface area contributed by atoms with Gasteiger partial charge in [-0.05, 0) is 36.3 Å². The molecule has 3 rings (SSSR count). The maximum absolute atomic E-state index is 12.6. The van der Waals surface area contributed by atoms with E-state index in [1.54, 1.807) is 11.8 Å². The Labute approximate surface area is 176 Å². The first-order valence-corrected chi connectivity index (χ1v) is 11.2. The van der Waals surface area contributed by atoms with Gasteiger partial charge in [-0.15, -0.1) is 0 Å². The lowest BCUT2D eigenvalue weighted by Gasteiger charge is -2.33. The van der Waals surface area contributed by atoms with Crippen molar-refractivity contribution in [3.05, 3.63) is 41.2 Å². The molecule has 0 unspecified atom stereocenters. The molecule has 150 valence electrons. The molecule has 2 heterocycles. The van der Waals surface area contributed by atoms with Crippen molar-refractivity contribution in [2.24, 2.45) is 0 Å². The van der Waals surface area contributed by atoms with Gasteiger partial charge in [0.1, 0.15) is 0 Å². The van der Waals surface area contributed by atoms with Gasteiger partial charge >= 0.3 is 0 Å². The van der Waals surface area contributed by atoms with Crippen molar-refractivity contribution < 1.29 is 4.79 Å². The molecule has 0 saturated carbocycles. The Morgan fingerprint density at radius 2 is 2.07 bits per heavy atom. The predicted octanol–water partition coefficient (Wildman–Crippen LogP) is 4.32. The lowest BCUT2D eigenvalue weighted by molar-refractivity contribution is -0.129. The van der Waals surface area contributed by atoms with Gasteiger partial charge in [0.2, 0.25) is 11.9 Å². The second kappa shape index (κ2) is 9.61. The lowest BCUT2D eigenvalue weighted by Crippen LogP contribution is -2.40. The number of halogens is 1. The number of aromatic nitrogens is 2. The van der Waals surface area contributed by atoms with E-state index in [1.807, 2.05) is 54.4 Å². The monoisotopic (exact) mass is 418 g/mol. The van der Waals surface area contributed by atoms with E-state index in [9.17, 15) is 4.79 Å². The van der Waals surface area contributed by atoms with E-state index in [1.165, 1.54) is 0 Å². The first-order valence-electron chi connectivity index (χ1n) is 9.65. The summed E-state index contributed by atoms with van der Waals surface area (Å²) in [7, 11) is 3.89. The zero-order valence-electron chi connectivity index (χ0n) is 16.7. The molecule has 1 aliphatic heterocycles. The molecule has 1 saturated heterocycles. The SMILES string of the molecule is CCSCC(=O)N1CCC[C@H](c2nc(N(C)C)ncc2-c2ccc(Cl)cc2)C1. The largest absolute Gasteiger partial charge is 0.347 e. The summed E-state index contributed by atoms with van der Waals surface area (Å²) >= 11 is 7.74. The fourth-order valence-corrected chi connectivity index (χ4v) is 4.16. The van der Waals surface area contributed by atoms with Crippen LogP contribution in [0.3, 0.4) is 0 Å². The van der Waals surface area contributed by atoms with Crippen LogP contribution in [0.2, 0.25) is 5.02 Å². The Kier molecular flexibility index (Phi) is 7.18. The van der Waals surface area contributed by atoms with E-state index in [-0.39, 0.29) is 11.8 Å². The number of hydrogen-bond acceptors (Lipinski definition) is 5. The minimum absolute atomic E-state index is 0.205. The van der Waals surface area contributed by atoms with Crippen molar-refractivity contribution in [3.8, 4) is 11.1 Å². The Hall–Kier alpha value is -1.79. The zero-order valence-corrected chi connectivity index (χ0v) is 18.3. The fourth-order valence-electron chi connectivity index (χ4n) is 3.47. The van der Waals surface area contributed by atoms with Crippen molar-refractivity contribution in [3.63, 3.8) is 0 Å². The van der Waals surface area contributed by atoms with Gasteiger partial charge in [0.25, 0.3) is 0 Å². The highest BCUT2D eigenvalue weighted by molar-refractivity contribution is 7.99. The lowest BCUT2D eigenvalue weighted by atomic mass is 9.90. The highest BCUT2D eigenvalue weighted by Crippen LogP contribution is 2.34. The number of carbonyl (C=O) groups excluding carboxylic acids is 1. The van der Waals surface area contributed by atoms with Crippen molar-refractivity contribution in [1.29, 1.82) is 0 Å². The summed E-state index contributed by atoms with van der Waals surface area (Å²) in [6.07, 6.45) is 3.92. The average Bonchev–Trinajstić information content (AvgIpc) is 2.72. The van der Waals surface area contributed by atoms with E-state index in [0.717, 1.165) is 42.0 Å². The number of likely N-dealkylation sites (tertiary alicyclic amines) is 1. The third kappa shape index (κ3) is 4.97. The molecule has 0 bridgehead atoms. The summed E-state index contributed by atoms with van der Waals surface area (Å²) in [4.78, 5) is 25.9. The molecule has 7 heteroatoms. The van der Waals surface area contributed by atoms with Gasteiger partial charge in [-0.25, -0.2) is 9.97 Å². The topological polar surface area (TPSA) is 49.3 Å². The number of piperidine rings is 1. The summed E-state index contributed by atoms with van der Waals surface area (Å²) in [5.74, 6) is 2.64. The standard InChI is InChI=1S/C21H27ClN4OS/c1-4-28-14-19(27)26-11-5-6-16(13-26)20-18(12-23-21(24-20)25(2)3)15-7-9-17(22)10-8-15/h7-10,12,16H,4-6,11,13-14H2,1-3H3/t16-/m0/s1. The summed E-state index contributed by atoms with van der Waals surface area (Å²) in [6.45, 7) is 3.63. The van der Waals surface area contributed by atoms with Gasteiger partial charge in [-0.2, -0.15) is 11.8 Å². The van der Waals surface area contributed by atoms with Crippen LogP contribution in [-0.2, 0) is 4.79 Å². The number of amides is 1. The van der Waals surface area contributed by atoms with Crippen molar-refractivity contribution >= 4 is 35.2 Å². The van der Waals surface area contributed by atoms with E-state index in [0.29, 0.717) is 23.3 Å². The first kappa shape index (κ1) is 20.9. The average molecular weight is 419 g/mol. The van der Waals surface area contributed by atoms with Crippen LogP contribution in [0, 0.1) is 0 Å². The quantitative estimate of drug-likeness (QED) is 0.699. The molecular formula is C21H27ClN4OS. The highest BCUT2D eigenvalue weighted by Gasteiger charge is 2.28. The predicted molar refractivity (Wildman–Crippen MR) is 118 cm³/mol. The Balaban J connectivity index is 1.92. The number of benzene rings is 1. The first-order chi connectivity index (χ1) is 13.5. The number of hydrogen-bond donors (Lipinski definition) is 0. The van der Waals surface area contributed by atoms with Crippen molar-refractivity contribution in [2.75, 3.05) is 43.6 Å². The van der Waals surface area contributed by atoms with Crippen LogP contribution in [0.5, 0.6) is 0 Å². The maximum Gasteiger partial charge on any atom is 0.232 e. The van der Waals surface area contributed by atoms with Crippen LogP contribution >= 0.6 is 23.4 Å². The van der Waals surface area contributed by atoms with Gasteiger partial charge in [0.05, 0.1) is 11.4 Å². The Bertz CT molecular complexity index is 813. The molecule has 0 radical (unpaired) electrons. The van der Waals surface area contributed by atoms with Crippen LogP contribution < -0.4 is 4.90 Å². The third-order valence-corrected chi connectivity index (χ3v) is 6.06.